The monoisotopic (exact) mass is 328 g/mol. The average molecular weight is 328 g/mol. The SMILES string of the molecule is CCOC(=O)[C@]12C(=O)O[C@H](c3ccccc3)[C@H]1[C@@]2(C)C(F)(F)F. The van der Waals surface area contributed by atoms with Gasteiger partial charge in [-0.25, -0.2) is 0 Å². The van der Waals surface area contributed by atoms with Crippen LogP contribution in [-0.4, -0.2) is 24.7 Å². The number of fused-ring (bicyclic) bond motifs is 1. The molecule has 1 aliphatic carbocycles. The van der Waals surface area contributed by atoms with Gasteiger partial charge >= 0.3 is 18.1 Å². The van der Waals surface area contributed by atoms with Crippen LogP contribution in [0.2, 0.25) is 0 Å². The summed E-state index contributed by atoms with van der Waals surface area (Å²) < 4.78 is 50.8. The van der Waals surface area contributed by atoms with Crippen molar-refractivity contribution in [3.63, 3.8) is 0 Å². The highest BCUT2D eigenvalue weighted by molar-refractivity contribution is 6.08. The molecule has 124 valence electrons. The zero-order valence-corrected chi connectivity index (χ0v) is 12.5. The van der Waals surface area contributed by atoms with Crippen LogP contribution in [-0.2, 0) is 19.1 Å². The van der Waals surface area contributed by atoms with Gasteiger partial charge in [-0.05, 0) is 19.4 Å². The lowest BCUT2D eigenvalue weighted by atomic mass is 9.93. The maximum absolute atomic E-state index is 13.6. The predicted octanol–water partition coefficient (Wildman–Crippen LogP) is 3.03. The molecule has 0 unspecified atom stereocenters. The van der Waals surface area contributed by atoms with Crippen molar-refractivity contribution in [1.82, 2.24) is 0 Å². The van der Waals surface area contributed by atoms with Crippen molar-refractivity contribution in [3.8, 4) is 0 Å². The zero-order valence-electron chi connectivity index (χ0n) is 12.5. The molecule has 0 N–H and O–H groups in total. The molecule has 2 aliphatic rings. The van der Waals surface area contributed by atoms with E-state index in [0.29, 0.717) is 5.56 Å². The van der Waals surface area contributed by atoms with E-state index in [9.17, 15) is 22.8 Å². The number of ether oxygens (including phenoxy) is 2. The van der Waals surface area contributed by atoms with Crippen LogP contribution in [0, 0.1) is 16.7 Å². The molecule has 0 spiro atoms. The largest absolute Gasteiger partial charge is 0.465 e. The Morgan fingerprint density at radius 3 is 2.43 bits per heavy atom. The van der Waals surface area contributed by atoms with Gasteiger partial charge in [-0.2, -0.15) is 13.2 Å². The molecule has 1 heterocycles. The maximum Gasteiger partial charge on any atom is 0.396 e. The predicted molar refractivity (Wildman–Crippen MR) is 72.0 cm³/mol. The van der Waals surface area contributed by atoms with Crippen LogP contribution in [0.5, 0.6) is 0 Å². The fourth-order valence-electron chi connectivity index (χ4n) is 3.77. The van der Waals surface area contributed by atoms with E-state index in [1.54, 1.807) is 30.3 Å². The van der Waals surface area contributed by atoms with Crippen molar-refractivity contribution in [2.45, 2.75) is 26.1 Å². The van der Waals surface area contributed by atoms with Crippen LogP contribution < -0.4 is 0 Å². The molecule has 0 radical (unpaired) electrons. The molecular formula is C16H15F3O4. The summed E-state index contributed by atoms with van der Waals surface area (Å²) in [6.45, 7) is 2.27. The number of alkyl halides is 3. The summed E-state index contributed by atoms with van der Waals surface area (Å²) in [7, 11) is 0. The van der Waals surface area contributed by atoms with Crippen LogP contribution in [0.1, 0.15) is 25.5 Å². The minimum absolute atomic E-state index is 0.107. The highest BCUT2D eigenvalue weighted by Gasteiger charge is 2.97. The molecule has 2 fully saturated rings. The highest BCUT2D eigenvalue weighted by Crippen LogP contribution is 2.82. The smallest absolute Gasteiger partial charge is 0.396 e. The van der Waals surface area contributed by atoms with E-state index < -0.39 is 41.0 Å². The number of esters is 2. The fourth-order valence-corrected chi connectivity index (χ4v) is 3.77. The normalized spacial score (nSPS) is 35.4. The lowest BCUT2D eigenvalue weighted by Gasteiger charge is -2.25. The van der Waals surface area contributed by atoms with Gasteiger partial charge < -0.3 is 9.47 Å². The Labute approximate surface area is 130 Å². The van der Waals surface area contributed by atoms with Gasteiger partial charge in [0.15, 0.2) is 5.41 Å². The summed E-state index contributed by atoms with van der Waals surface area (Å²) in [5.41, 5.74) is -4.35. The highest BCUT2D eigenvalue weighted by atomic mass is 19.4. The van der Waals surface area contributed by atoms with Crippen LogP contribution in [0.4, 0.5) is 13.2 Å². The first-order chi connectivity index (χ1) is 10.7. The molecule has 4 atom stereocenters. The van der Waals surface area contributed by atoms with Crippen molar-refractivity contribution >= 4 is 11.9 Å². The van der Waals surface area contributed by atoms with Gasteiger partial charge in [0.05, 0.1) is 12.0 Å². The first-order valence-corrected chi connectivity index (χ1v) is 7.22. The van der Waals surface area contributed by atoms with Crippen LogP contribution in [0.25, 0.3) is 0 Å². The van der Waals surface area contributed by atoms with E-state index in [1.165, 1.54) is 6.92 Å². The van der Waals surface area contributed by atoms with Crippen molar-refractivity contribution in [3.05, 3.63) is 35.9 Å². The van der Waals surface area contributed by atoms with E-state index in [1.807, 2.05) is 0 Å². The van der Waals surface area contributed by atoms with E-state index in [2.05, 4.69) is 0 Å². The van der Waals surface area contributed by atoms with Gasteiger partial charge in [-0.1, -0.05) is 30.3 Å². The van der Waals surface area contributed by atoms with Crippen molar-refractivity contribution < 1.29 is 32.2 Å². The van der Waals surface area contributed by atoms with Gasteiger partial charge in [-0.15, -0.1) is 0 Å². The molecule has 0 bridgehead atoms. The zero-order chi connectivity index (χ0) is 17.0. The molecule has 23 heavy (non-hydrogen) atoms. The summed E-state index contributed by atoms with van der Waals surface area (Å²) in [6, 6.07) is 8.14. The minimum atomic E-state index is -4.73. The second kappa shape index (κ2) is 4.72. The van der Waals surface area contributed by atoms with E-state index >= 15 is 0 Å². The number of cyclic esters (lactones) is 1. The van der Waals surface area contributed by atoms with Gasteiger partial charge in [0.25, 0.3) is 0 Å². The fraction of sp³-hybridized carbons (Fsp3) is 0.500. The molecule has 1 saturated heterocycles. The van der Waals surface area contributed by atoms with Crippen LogP contribution in [0.15, 0.2) is 30.3 Å². The second-order valence-electron chi connectivity index (χ2n) is 5.94. The molecule has 0 amide bonds. The van der Waals surface area contributed by atoms with Gasteiger partial charge in [0.1, 0.15) is 6.10 Å². The summed E-state index contributed by atoms with van der Waals surface area (Å²) >= 11 is 0. The molecule has 4 nitrogen and oxygen atoms in total. The molecule has 1 aliphatic heterocycles. The Bertz CT molecular complexity index is 657. The number of halogens is 3. The van der Waals surface area contributed by atoms with Crippen LogP contribution in [0.3, 0.4) is 0 Å². The number of benzene rings is 1. The molecule has 0 aromatic heterocycles. The quantitative estimate of drug-likeness (QED) is 0.632. The third-order valence-corrected chi connectivity index (χ3v) is 5.00. The summed E-state index contributed by atoms with van der Waals surface area (Å²) in [5, 5.41) is 0. The number of carbonyl (C=O) groups excluding carboxylic acids is 2. The third kappa shape index (κ3) is 1.73. The third-order valence-electron chi connectivity index (χ3n) is 5.00. The molecule has 1 saturated carbocycles. The summed E-state index contributed by atoms with van der Waals surface area (Å²) in [4.78, 5) is 24.5. The van der Waals surface area contributed by atoms with Gasteiger partial charge in [0.2, 0.25) is 0 Å². The molecular weight excluding hydrogens is 313 g/mol. The standard InChI is InChI=1S/C16H15F3O4/c1-3-22-12(20)15-11(14(15,2)16(17,18)19)10(23-13(15)21)9-7-5-4-6-8-9/h4-8,10-11H,3H2,1-2H3/t10-,11+,14-,15+/m1/s1. The minimum Gasteiger partial charge on any atom is -0.465 e. The number of carbonyl (C=O) groups is 2. The van der Waals surface area contributed by atoms with E-state index in [4.69, 9.17) is 9.47 Å². The first-order valence-electron chi connectivity index (χ1n) is 7.22. The molecule has 7 heteroatoms. The van der Waals surface area contributed by atoms with E-state index in [-0.39, 0.29) is 6.61 Å². The van der Waals surface area contributed by atoms with Crippen LogP contribution >= 0.6 is 0 Å². The Morgan fingerprint density at radius 1 is 1.30 bits per heavy atom. The summed E-state index contributed by atoms with van der Waals surface area (Å²) in [5.74, 6) is -3.63. The molecule has 1 aromatic carbocycles. The van der Waals surface area contributed by atoms with Gasteiger partial charge in [0, 0.05) is 5.92 Å². The first kappa shape index (κ1) is 15.8. The lowest BCUT2D eigenvalue weighted by Crippen LogP contribution is -2.40. The van der Waals surface area contributed by atoms with Crippen molar-refractivity contribution in [1.29, 1.82) is 0 Å². The molecule has 1 aromatic rings. The van der Waals surface area contributed by atoms with Crippen molar-refractivity contribution in [2.75, 3.05) is 6.61 Å². The lowest BCUT2D eigenvalue weighted by molar-refractivity contribution is -0.215. The second-order valence-corrected chi connectivity index (χ2v) is 5.94. The summed E-state index contributed by atoms with van der Waals surface area (Å²) in [6.07, 6.45) is -5.84. The Hall–Kier alpha value is -2.05. The number of hydrogen-bond acceptors (Lipinski definition) is 4. The Balaban J connectivity index is 2.10. The van der Waals surface area contributed by atoms with E-state index in [0.717, 1.165) is 6.92 Å². The Morgan fingerprint density at radius 2 is 1.91 bits per heavy atom. The molecule has 3 rings (SSSR count). The topological polar surface area (TPSA) is 52.6 Å². The maximum atomic E-state index is 13.6. The van der Waals surface area contributed by atoms with Crippen molar-refractivity contribution in [2.24, 2.45) is 16.7 Å². The number of hydrogen-bond donors (Lipinski definition) is 0. The van der Waals surface area contributed by atoms with Gasteiger partial charge in [-0.3, -0.25) is 9.59 Å². The Kier molecular flexibility index (Phi) is 3.25. The number of rotatable bonds is 3. The average Bonchev–Trinajstić information content (AvgIpc) is 2.93.